The summed E-state index contributed by atoms with van der Waals surface area (Å²) in [6.07, 6.45) is 4.18. The molecule has 0 fully saturated rings. The number of nitrogens with two attached hydrogens (primary N) is 1. The lowest BCUT2D eigenvalue weighted by atomic mass is 10.1. The summed E-state index contributed by atoms with van der Waals surface area (Å²) < 4.78 is 0. The third-order valence-electron chi connectivity index (χ3n) is 1.05. The maximum atomic E-state index is 5.49. The highest BCUT2D eigenvalue weighted by Gasteiger charge is 1.87. The lowest BCUT2D eigenvalue weighted by molar-refractivity contribution is 0.825. The van der Waals surface area contributed by atoms with Gasteiger partial charge in [0.25, 0.3) is 0 Å². The molecule has 0 atom stereocenters. The minimum Gasteiger partial charge on any atom is -0.402 e. The second kappa shape index (κ2) is 4.15. The van der Waals surface area contributed by atoms with Crippen molar-refractivity contribution in [3.05, 3.63) is 23.4 Å². The zero-order valence-electron chi connectivity index (χ0n) is 7.31. The lowest BCUT2D eigenvalue weighted by Gasteiger charge is -1.97. The van der Waals surface area contributed by atoms with E-state index < -0.39 is 0 Å². The third-order valence-corrected chi connectivity index (χ3v) is 1.05. The second-order valence-corrected chi connectivity index (χ2v) is 3.04. The molecular formula is C9H17N. The highest BCUT2D eigenvalue weighted by Crippen LogP contribution is 2.03. The molecule has 10 heavy (non-hydrogen) atoms. The highest BCUT2D eigenvalue weighted by atomic mass is 14.5. The molecule has 2 N–H and O–H groups in total. The van der Waals surface area contributed by atoms with Crippen LogP contribution in [-0.2, 0) is 0 Å². The molecule has 58 valence electrons. The van der Waals surface area contributed by atoms with E-state index in [1.807, 2.05) is 13.0 Å². The molecule has 1 heteroatoms. The third kappa shape index (κ3) is 5.42. The van der Waals surface area contributed by atoms with Gasteiger partial charge in [0, 0.05) is 5.70 Å². The van der Waals surface area contributed by atoms with Gasteiger partial charge in [-0.15, -0.1) is 0 Å². The molecular weight excluding hydrogens is 122 g/mol. The molecule has 0 rings (SSSR count). The van der Waals surface area contributed by atoms with Gasteiger partial charge in [0.05, 0.1) is 0 Å². The van der Waals surface area contributed by atoms with Crippen molar-refractivity contribution in [1.29, 1.82) is 0 Å². The van der Waals surface area contributed by atoms with Crippen molar-refractivity contribution < 1.29 is 0 Å². The first-order valence-corrected chi connectivity index (χ1v) is 3.64. The predicted molar refractivity (Wildman–Crippen MR) is 46.5 cm³/mol. The van der Waals surface area contributed by atoms with Crippen molar-refractivity contribution >= 4 is 0 Å². The minimum atomic E-state index is 0.607. The van der Waals surface area contributed by atoms with Crippen LogP contribution in [0.3, 0.4) is 0 Å². The summed E-state index contributed by atoms with van der Waals surface area (Å²) in [6, 6.07) is 0. The molecule has 0 heterocycles. The van der Waals surface area contributed by atoms with Crippen LogP contribution in [0.15, 0.2) is 23.4 Å². The van der Waals surface area contributed by atoms with Crippen LogP contribution < -0.4 is 5.73 Å². The van der Waals surface area contributed by atoms with Crippen molar-refractivity contribution in [2.75, 3.05) is 0 Å². The molecule has 0 saturated carbocycles. The molecule has 0 aliphatic carbocycles. The molecule has 0 radical (unpaired) electrons. The molecule has 0 amide bonds. The van der Waals surface area contributed by atoms with E-state index in [9.17, 15) is 0 Å². The van der Waals surface area contributed by atoms with Crippen molar-refractivity contribution in [3.63, 3.8) is 0 Å². The fourth-order valence-electron chi connectivity index (χ4n) is 0.933. The zero-order chi connectivity index (χ0) is 8.15. The van der Waals surface area contributed by atoms with E-state index in [0.29, 0.717) is 5.92 Å². The van der Waals surface area contributed by atoms with Gasteiger partial charge < -0.3 is 5.73 Å². The topological polar surface area (TPSA) is 26.0 Å². The lowest BCUT2D eigenvalue weighted by Crippen LogP contribution is -1.90. The Bertz CT molecular complexity index is 148. The summed E-state index contributed by atoms with van der Waals surface area (Å²) in [5.74, 6) is 0.607. The van der Waals surface area contributed by atoms with Gasteiger partial charge in [0.15, 0.2) is 0 Å². The fraction of sp³-hybridized carbons (Fsp3) is 0.556. The molecule has 0 aromatic rings. The Morgan fingerprint density at radius 3 is 2.10 bits per heavy atom. The van der Waals surface area contributed by atoms with Crippen molar-refractivity contribution in [3.8, 4) is 0 Å². The summed E-state index contributed by atoms with van der Waals surface area (Å²) in [5.41, 5.74) is 7.60. The first-order valence-electron chi connectivity index (χ1n) is 3.64. The van der Waals surface area contributed by atoms with Crippen molar-refractivity contribution in [2.24, 2.45) is 11.7 Å². The van der Waals surface area contributed by atoms with Crippen LogP contribution in [-0.4, -0.2) is 0 Å². The largest absolute Gasteiger partial charge is 0.402 e. The smallest absolute Gasteiger partial charge is 0.00514 e. The number of hydrogen-bond donors (Lipinski definition) is 1. The van der Waals surface area contributed by atoms with Gasteiger partial charge in [-0.25, -0.2) is 0 Å². The maximum Gasteiger partial charge on any atom is 0.00514 e. The normalized spacial score (nSPS) is 14.5. The average Bonchev–Trinajstić information content (AvgIpc) is 1.58. The Morgan fingerprint density at radius 1 is 1.30 bits per heavy atom. The van der Waals surface area contributed by atoms with Gasteiger partial charge in [-0.1, -0.05) is 25.5 Å². The summed E-state index contributed by atoms with van der Waals surface area (Å²) >= 11 is 0. The van der Waals surface area contributed by atoms with Gasteiger partial charge >= 0.3 is 0 Å². The van der Waals surface area contributed by atoms with Crippen molar-refractivity contribution in [1.82, 2.24) is 0 Å². The monoisotopic (exact) mass is 139 g/mol. The Labute approximate surface area is 63.6 Å². The van der Waals surface area contributed by atoms with Crippen LogP contribution in [0.2, 0.25) is 0 Å². The van der Waals surface area contributed by atoms with Crippen molar-refractivity contribution in [2.45, 2.75) is 27.7 Å². The van der Waals surface area contributed by atoms with E-state index in [1.54, 1.807) is 0 Å². The number of rotatable bonds is 2. The summed E-state index contributed by atoms with van der Waals surface area (Å²) in [7, 11) is 0. The molecule has 0 aromatic heterocycles. The molecule has 1 nitrogen and oxygen atoms in total. The summed E-state index contributed by atoms with van der Waals surface area (Å²) in [5, 5.41) is 0. The fourth-order valence-corrected chi connectivity index (χ4v) is 0.933. The van der Waals surface area contributed by atoms with Gasteiger partial charge in [0.1, 0.15) is 0 Å². The molecule has 0 aliphatic heterocycles. The summed E-state index contributed by atoms with van der Waals surface area (Å²) in [4.78, 5) is 0. The first-order chi connectivity index (χ1) is 4.52. The quantitative estimate of drug-likeness (QED) is 0.584. The van der Waals surface area contributed by atoms with E-state index in [1.165, 1.54) is 5.57 Å². The van der Waals surface area contributed by atoms with Crippen LogP contribution in [0, 0.1) is 5.92 Å². The van der Waals surface area contributed by atoms with E-state index >= 15 is 0 Å². The van der Waals surface area contributed by atoms with E-state index in [-0.39, 0.29) is 0 Å². The van der Waals surface area contributed by atoms with Crippen LogP contribution in [0.4, 0.5) is 0 Å². The zero-order valence-corrected chi connectivity index (χ0v) is 7.31. The Kier molecular flexibility index (Phi) is 3.85. The van der Waals surface area contributed by atoms with E-state index in [2.05, 4.69) is 26.8 Å². The molecule has 0 saturated heterocycles. The predicted octanol–water partition coefficient (Wildman–Crippen LogP) is 2.45. The average molecular weight is 139 g/mol. The number of hydrogen-bond acceptors (Lipinski definition) is 1. The second-order valence-electron chi connectivity index (χ2n) is 3.04. The van der Waals surface area contributed by atoms with Gasteiger partial charge in [-0.2, -0.15) is 0 Å². The standard InChI is InChI=1S/C9H17N/c1-7(2)5-8(3)6-9(4)10/h5-7H,10H2,1-4H3/b8-5+,9-6+. The van der Waals surface area contributed by atoms with Gasteiger partial charge in [-0.3, -0.25) is 0 Å². The first kappa shape index (κ1) is 9.28. The van der Waals surface area contributed by atoms with Crippen LogP contribution >= 0.6 is 0 Å². The maximum absolute atomic E-state index is 5.49. The van der Waals surface area contributed by atoms with Crippen LogP contribution in [0.25, 0.3) is 0 Å². The SMILES string of the molecule is C/C(N)=C\C(C)=C\C(C)C. The Morgan fingerprint density at radius 2 is 1.80 bits per heavy atom. The Hall–Kier alpha value is -0.720. The van der Waals surface area contributed by atoms with Gasteiger partial charge in [0.2, 0.25) is 0 Å². The highest BCUT2D eigenvalue weighted by molar-refractivity contribution is 5.19. The molecule has 0 spiro atoms. The van der Waals surface area contributed by atoms with Crippen LogP contribution in [0.5, 0.6) is 0 Å². The molecule has 0 aromatic carbocycles. The molecule has 0 unspecified atom stereocenters. The minimum absolute atomic E-state index is 0.607. The van der Waals surface area contributed by atoms with Crippen LogP contribution in [0.1, 0.15) is 27.7 Å². The van der Waals surface area contributed by atoms with E-state index in [0.717, 1.165) is 5.70 Å². The van der Waals surface area contributed by atoms with E-state index in [4.69, 9.17) is 5.73 Å². The molecule has 0 aliphatic rings. The summed E-state index contributed by atoms with van der Waals surface area (Å²) in [6.45, 7) is 8.28. The Balaban J connectivity index is 4.08. The van der Waals surface area contributed by atoms with Gasteiger partial charge in [-0.05, 0) is 25.8 Å². The molecule has 0 bridgehead atoms. The number of allylic oxidation sites excluding steroid dienone is 4.